The molecule has 41 heavy (non-hydrogen) atoms. The van der Waals surface area contributed by atoms with Gasteiger partial charge in [-0.2, -0.15) is 0 Å². The van der Waals surface area contributed by atoms with E-state index in [-0.39, 0.29) is 22.4 Å². The zero-order valence-electron chi connectivity index (χ0n) is 21.8. The molecule has 0 aliphatic carbocycles. The number of nitrogens with one attached hydrogen (secondary N) is 3. The molecule has 0 heterocycles. The van der Waals surface area contributed by atoms with E-state index in [4.69, 9.17) is 27.9 Å². The molecule has 0 bridgehead atoms. The molecule has 10 heteroatoms. The molecule has 4 aromatic rings. The number of halogens is 2. The van der Waals surface area contributed by atoms with E-state index >= 15 is 0 Å². The fourth-order valence-corrected chi connectivity index (χ4v) is 4.78. The maximum absolute atomic E-state index is 13.4. The molecule has 0 atom stereocenters. The Labute approximate surface area is 251 Å². The van der Waals surface area contributed by atoms with Crippen molar-refractivity contribution in [1.82, 2.24) is 5.32 Å². The lowest BCUT2D eigenvalue weighted by Gasteiger charge is -2.13. The third kappa shape index (κ3) is 8.38. The SMILES string of the molecule is COc1ccccc1/C=C(/NC(=O)c1ccccc1)C(=O)Nc1cccc(SCC(=O)Nc2cccc(Cl)c2Cl)c1. The summed E-state index contributed by atoms with van der Waals surface area (Å²) in [6, 6.07) is 27.8. The van der Waals surface area contributed by atoms with Crippen molar-refractivity contribution < 1.29 is 19.1 Å². The average Bonchev–Trinajstić information content (AvgIpc) is 2.99. The van der Waals surface area contributed by atoms with Crippen LogP contribution in [0.1, 0.15) is 15.9 Å². The standard InChI is InChI=1S/C31H25Cl2N3O4S/c1-40-27-16-6-5-11-21(27)17-26(36-30(38)20-9-3-2-4-10-20)31(39)34-22-12-7-13-23(18-22)41-19-28(37)35-25-15-8-14-24(32)29(25)33/h2-18H,19H2,1H3,(H,34,39)(H,35,37)(H,36,38)/b26-17+. The molecule has 4 aromatic carbocycles. The number of benzene rings is 4. The van der Waals surface area contributed by atoms with Crippen LogP contribution in [0.25, 0.3) is 6.08 Å². The van der Waals surface area contributed by atoms with Crippen molar-refractivity contribution in [3.63, 3.8) is 0 Å². The smallest absolute Gasteiger partial charge is 0.272 e. The highest BCUT2D eigenvalue weighted by Crippen LogP contribution is 2.30. The van der Waals surface area contributed by atoms with Crippen LogP contribution in [0.2, 0.25) is 10.0 Å². The Morgan fingerprint density at radius 1 is 0.854 bits per heavy atom. The van der Waals surface area contributed by atoms with E-state index in [0.717, 1.165) is 4.90 Å². The molecule has 0 aromatic heterocycles. The number of rotatable bonds is 10. The van der Waals surface area contributed by atoms with Crippen molar-refractivity contribution in [3.05, 3.63) is 124 Å². The Hall–Kier alpha value is -4.24. The minimum Gasteiger partial charge on any atom is -0.496 e. The molecule has 4 rings (SSSR count). The maximum Gasteiger partial charge on any atom is 0.272 e. The predicted octanol–water partition coefficient (Wildman–Crippen LogP) is 7.14. The van der Waals surface area contributed by atoms with Gasteiger partial charge in [-0.3, -0.25) is 14.4 Å². The number of amides is 3. The highest BCUT2D eigenvalue weighted by atomic mass is 35.5. The second-order valence-corrected chi connectivity index (χ2v) is 10.4. The summed E-state index contributed by atoms with van der Waals surface area (Å²) in [5, 5.41) is 8.91. The second kappa shape index (κ2) is 14.4. The summed E-state index contributed by atoms with van der Waals surface area (Å²) in [5.74, 6) is -0.582. The summed E-state index contributed by atoms with van der Waals surface area (Å²) in [7, 11) is 1.53. The number of hydrogen-bond donors (Lipinski definition) is 3. The zero-order valence-corrected chi connectivity index (χ0v) is 24.1. The van der Waals surface area contributed by atoms with Crippen LogP contribution in [0.15, 0.2) is 108 Å². The predicted molar refractivity (Wildman–Crippen MR) is 166 cm³/mol. The van der Waals surface area contributed by atoms with Crippen molar-refractivity contribution in [1.29, 1.82) is 0 Å². The molecule has 7 nitrogen and oxygen atoms in total. The summed E-state index contributed by atoms with van der Waals surface area (Å²) in [6.07, 6.45) is 1.55. The second-order valence-electron chi connectivity index (χ2n) is 8.54. The number of ether oxygens (including phenoxy) is 1. The minimum atomic E-state index is -0.532. The lowest BCUT2D eigenvalue weighted by molar-refractivity contribution is -0.114. The minimum absolute atomic E-state index is 0.0270. The molecular weight excluding hydrogens is 581 g/mol. The number of anilines is 2. The summed E-state index contributed by atoms with van der Waals surface area (Å²) < 4.78 is 5.41. The van der Waals surface area contributed by atoms with Gasteiger partial charge in [0.2, 0.25) is 5.91 Å². The van der Waals surface area contributed by atoms with E-state index in [2.05, 4.69) is 16.0 Å². The largest absolute Gasteiger partial charge is 0.496 e. The van der Waals surface area contributed by atoms with Gasteiger partial charge >= 0.3 is 0 Å². The number of carbonyl (C=O) groups is 3. The van der Waals surface area contributed by atoms with Crippen LogP contribution in [0.4, 0.5) is 11.4 Å². The van der Waals surface area contributed by atoms with E-state index in [1.54, 1.807) is 91.0 Å². The fraction of sp³-hybridized carbons (Fsp3) is 0.0645. The lowest BCUT2D eigenvalue weighted by Crippen LogP contribution is -2.30. The van der Waals surface area contributed by atoms with Crippen molar-refractivity contribution in [2.24, 2.45) is 0 Å². The molecule has 208 valence electrons. The molecule has 0 aliphatic heterocycles. The normalized spacial score (nSPS) is 11.0. The summed E-state index contributed by atoms with van der Waals surface area (Å²) >= 11 is 13.4. The molecule has 0 unspecified atom stereocenters. The van der Waals surface area contributed by atoms with E-state index < -0.39 is 11.8 Å². The van der Waals surface area contributed by atoms with Crippen LogP contribution in [-0.4, -0.2) is 30.6 Å². The molecule has 0 radical (unpaired) electrons. The van der Waals surface area contributed by atoms with Gasteiger partial charge in [0, 0.05) is 21.7 Å². The molecule has 0 aliphatic rings. The van der Waals surface area contributed by atoms with Gasteiger partial charge in [-0.05, 0) is 54.6 Å². The zero-order chi connectivity index (χ0) is 29.2. The average molecular weight is 607 g/mol. The monoisotopic (exact) mass is 605 g/mol. The number of para-hydroxylation sites is 1. The number of thioether (sulfide) groups is 1. The van der Waals surface area contributed by atoms with Crippen LogP contribution in [0, 0.1) is 0 Å². The first kappa shape index (κ1) is 29.7. The van der Waals surface area contributed by atoms with Gasteiger partial charge in [-0.1, -0.05) is 71.7 Å². The maximum atomic E-state index is 13.4. The van der Waals surface area contributed by atoms with E-state index in [1.165, 1.54) is 18.9 Å². The summed E-state index contributed by atoms with van der Waals surface area (Å²) in [6.45, 7) is 0. The van der Waals surface area contributed by atoms with Gasteiger partial charge < -0.3 is 20.7 Å². The van der Waals surface area contributed by atoms with Gasteiger partial charge in [0.05, 0.1) is 28.6 Å². The number of carbonyl (C=O) groups excluding carboxylic acids is 3. The fourth-order valence-electron chi connectivity index (χ4n) is 3.68. The van der Waals surface area contributed by atoms with Crippen LogP contribution >= 0.6 is 35.0 Å². The first-order chi connectivity index (χ1) is 19.8. The summed E-state index contributed by atoms with van der Waals surface area (Å²) in [4.78, 5) is 39.5. The lowest BCUT2D eigenvalue weighted by atomic mass is 10.1. The molecule has 0 saturated heterocycles. The Morgan fingerprint density at radius 3 is 2.37 bits per heavy atom. The van der Waals surface area contributed by atoms with Crippen LogP contribution < -0.4 is 20.7 Å². The van der Waals surface area contributed by atoms with E-state index in [1.807, 2.05) is 12.1 Å². The van der Waals surface area contributed by atoms with Crippen molar-refractivity contribution in [3.8, 4) is 5.75 Å². The first-order valence-electron chi connectivity index (χ1n) is 12.3. The molecule has 3 N–H and O–H groups in total. The van der Waals surface area contributed by atoms with Crippen LogP contribution in [0.3, 0.4) is 0 Å². The molecular formula is C31H25Cl2N3O4S. The third-order valence-electron chi connectivity index (χ3n) is 5.66. The Bertz CT molecular complexity index is 1600. The van der Waals surface area contributed by atoms with Crippen molar-refractivity contribution in [2.45, 2.75) is 4.90 Å². The van der Waals surface area contributed by atoms with Crippen molar-refractivity contribution in [2.75, 3.05) is 23.5 Å². The summed E-state index contributed by atoms with van der Waals surface area (Å²) in [5.41, 5.74) is 1.96. The Morgan fingerprint density at radius 2 is 1.59 bits per heavy atom. The molecule has 0 spiro atoms. The Balaban J connectivity index is 1.48. The third-order valence-corrected chi connectivity index (χ3v) is 7.47. The van der Waals surface area contributed by atoms with Gasteiger partial charge in [0.25, 0.3) is 11.8 Å². The van der Waals surface area contributed by atoms with Gasteiger partial charge in [0.15, 0.2) is 0 Å². The quantitative estimate of drug-likeness (QED) is 0.132. The number of hydrogen-bond acceptors (Lipinski definition) is 5. The molecule has 0 fully saturated rings. The van der Waals surface area contributed by atoms with Gasteiger partial charge in [-0.15, -0.1) is 11.8 Å². The molecule has 0 saturated carbocycles. The number of methoxy groups -OCH3 is 1. The highest BCUT2D eigenvalue weighted by Gasteiger charge is 2.16. The molecule has 3 amide bonds. The Kier molecular flexibility index (Phi) is 10.5. The van der Waals surface area contributed by atoms with E-state index in [0.29, 0.717) is 33.3 Å². The van der Waals surface area contributed by atoms with Crippen molar-refractivity contribution >= 4 is 70.1 Å². The van der Waals surface area contributed by atoms with Crippen LogP contribution in [-0.2, 0) is 9.59 Å². The topological polar surface area (TPSA) is 96.5 Å². The van der Waals surface area contributed by atoms with Crippen LogP contribution in [0.5, 0.6) is 5.75 Å². The highest BCUT2D eigenvalue weighted by molar-refractivity contribution is 8.00. The van der Waals surface area contributed by atoms with Gasteiger partial charge in [-0.25, -0.2) is 0 Å². The van der Waals surface area contributed by atoms with E-state index in [9.17, 15) is 14.4 Å². The van der Waals surface area contributed by atoms with Gasteiger partial charge in [0.1, 0.15) is 11.4 Å². The first-order valence-corrected chi connectivity index (χ1v) is 14.1.